The van der Waals surface area contributed by atoms with Crippen molar-refractivity contribution in [3.05, 3.63) is 48.8 Å². The van der Waals surface area contributed by atoms with Crippen molar-refractivity contribution < 1.29 is 8.42 Å². The number of piperidine rings is 1. The van der Waals surface area contributed by atoms with Crippen molar-refractivity contribution in [2.45, 2.75) is 23.8 Å². The van der Waals surface area contributed by atoms with E-state index < -0.39 is 10.0 Å². The van der Waals surface area contributed by atoms with Gasteiger partial charge in [0.05, 0.1) is 4.90 Å². The van der Waals surface area contributed by atoms with E-state index in [9.17, 15) is 8.42 Å². The molecule has 5 nitrogen and oxygen atoms in total. The molecule has 1 aromatic heterocycles. The highest BCUT2D eigenvalue weighted by Crippen LogP contribution is 2.21. The summed E-state index contributed by atoms with van der Waals surface area (Å²) in [6.07, 6.45) is 5.18. The molecule has 0 aliphatic carbocycles. The first-order valence-corrected chi connectivity index (χ1v) is 9.24. The molecule has 2 heterocycles. The minimum Gasteiger partial charge on any atom is -0.306 e. The van der Waals surface area contributed by atoms with Crippen LogP contribution < -0.4 is 4.72 Å². The summed E-state index contributed by atoms with van der Waals surface area (Å²) < 4.78 is 27.8. The topological polar surface area (TPSA) is 62.3 Å². The average molecular weight is 331 g/mol. The van der Waals surface area contributed by atoms with Gasteiger partial charge >= 0.3 is 0 Å². The fraction of sp³-hybridized carbons (Fsp3) is 0.353. The van der Waals surface area contributed by atoms with Crippen molar-refractivity contribution >= 4 is 10.0 Å². The van der Waals surface area contributed by atoms with Gasteiger partial charge in [-0.2, -0.15) is 0 Å². The minimum atomic E-state index is -3.46. The molecule has 2 aromatic rings. The Morgan fingerprint density at radius 2 is 1.78 bits per heavy atom. The summed E-state index contributed by atoms with van der Waals surface area (Å²) in [4.78, 5) is 6.61. The number of hydrogen-bond donors (Lipinski definition) is 1. The molecule has 1 N–H and O–H groups in total. The van der Waals surface area contributed by atoms with E-state index in [0.29, 0.717) is 4.90 Å². The van der Waals surface area contributed by atoms with E-state index in [4.69, 9.17) is 0 Å². The van der Waals surface area contributed by atoms with Crippen LogP contribution in [0.4, 0.5) is 0 Å². The number of pyridine rings is 1. The van der Waals surface area contributed by atoms with Gasteiger partial charge in [-0.15, -0.1) is 0 Å². The van der Waals surface area contributed by atoms with E-state index in [2.05, 4.69) is 21.7 Å². The molecular weight excluding hydrogens is 310 g/mol. The molecule has 3 rings (SSSR count). The molecule has 6 heteroatoms. The van der Waals surface area contributed by atoms with Crippen molar-refractivity contribution in [3.8, 4) is 11.1 Å². The smallest absolute Gasteiger partial charge is 0.240 e. The van der Waals surface area contributed by atoms with Gasteiger partial charge < -0.3 is 4.90 Å². The molecule has 0 amide bonds. The maximum absolute atomic E-state index is 12.5. The van der Waals surface area contributed by atoms with E-state index >= 15 is 0 Å². The Balaban J connectivity index is 1.73. The third-order valence-electron chi connectivity index (χ3n) is 4.20. The monoisotopic (exact) mass is 331 g/mol. The van der Waals surface area contributed by atoms with Crippen molar-refractivity contribution in [2.24, 2.45) is 0 Å². The first-order chi connectivity index (χ1) is 11.0. The Morgan fingerprint density at radius 1 is 1.09 bits per heavy atom. The molecule has 122 valence electrons. The van der Waals surface area contributed by atoms with Crippen LogP contribution in [0, 0.1) is 0 Å². The second kappa shape index (κ2) is 6.78. The minimum absolute atomic E-state index is 0.0224. The average Bonchev–Trinajstić information content (AvgIpc) is 2.58. The lowest BCUT2D eigenvalue weighted by Crippen LogP contribution is -2.43. The lowest BCUT2D eigenvalue weighted by molar-refractivity contribution is 0.248. The van der Waals surface area contributed by atoms with Gasteiger partial charge in [-0.25, -0.2) is 13.1 Å². The highest BCUT2D eigenvalue weighted by atomic mass is 32.2. The van der Waals surface area contributed by atoms with Crippen molar-refractivity contribution in [1.29, 1.82) is 0 Å². The van der Waals surface area contributed by atoms with Crippen LogP contribution in [0.15, 0.2) is 53.7 Å². The van der Waals surface area contributed by atoms with Crippen LogP contribution >= 0.6 is 0 Å². The Labute approximate surface area is 137 Å². The molecule has 0 spiro atoms. The third-order valence-corrected chi connectivity index (χ3v) is 5.74. The van der Waals surface area contributed by atoms with Gasteiger partial charge in [-0.3, -0.25) is 4.98 Å². The summed E-state index contributed by atoms with van der Waals surface area (Å²) in [5, 5.41) is 0. The van der Waals surface area contributed by atoms with Crippen LogP contribution in [0.3, 0.4) is 0 Å². The number of likely N-dealkylation sites (tertiary alicyclic amines) is 1. The number of aromatic nitrogens is 1. The SMILES string of the molecule is CN1CCC(NS(=O)(=O)c2ccc(-c3cccnc3)cc2)CC1. The number of nitrogens with one attached hydrogen (secondary N) is 1. The molecule has 1 aromatic carbocycles. The van der Waals surface area contributed by atoms with Crippen LogP contribution in [0.2, 0.25) is 0 Å². The van der Waals surface area contributed by atoms with Gasteiger partial charge in [0.15, 0.2) is 0 Å². The molecule has 23 heavy (non-hydrogen) atoms. The van der Waals surface area contributed by atoms with Crippen LogP contribution in [-0.4, -0.2) is 44.5 Å². The number of rotatable bonds is 4. The zero-order valence-corrected chi connectivity index (χ0v) is 14.0. The molecule has 0 radical (unpaired) electrons. The fourth-order valence-corrected chi connectivity index (χ4v) is 4.08. The van der Waals surface area contributed by atoms with Gasteiger partial charge in [-0.1, -0.05) is 18.2 Å². The zero-order valence-electron chi connectivity index (χ0n) is 13.1. The van der Waals surface area contributed by atoms with Crippen molar-refractivity contribution in [1.82, 2.24) is 14.6 Å². The van der Waals surface area contributed by atoms with Gasteiger partial charge in [-0.05, 0) is 62.3 Å². The van der Waals surface area contributed by atoms with E-state index in [0.717, 1.165) is 37.1 Å². The van der Waals surface area contributed by atoms with Crippen LogP contribution in [-0.2, 0) is 10.0 Å². The van der Waals surface area contributed by atoms with E-state index in [1.807, 2.05) is 24.3 Å². The summed E-state index contributed by atoms with van der Waals surface area (Å²) in [5.74, 6) is 0. The second-order valence-corrected chi connectivity index (χ2v) is 7.68. The molecule has 1 aliphatic rings. The summed E-state index contributed by atoms with van der Waals surface area (Å²) >= 11 is 0. The highest BCUT2D eigenvalue weighted by molar-refractivity contribution is 7.89. The normalized spacial score (nSPS) is 17.3. The molecule has 0 unspecified atom stereocenters. The van der Waals surface area contributed by atoms with Gasteiger partial charge in [0.1, 0.15) is 0 Å². The van der Waals surface area contributed by atoms with E-state index in [1.54, 1.807) is 24.5 Å². The maximum Gasteiger partial charge on any atom is 0.240 e. The first-order valence-electron chi connectivity index (χ1n) is 7.76. The molecule has 0 bridgehead atoms. The predicted molar refractivity (Wildman–Crippen MR) is 90.5 cm³/mol. The largest absolute Gasteiger partial charge is 0.306 e. The highest BCUT2D eigenvalue weighted by Gasteiger charge is 2.23. The fourth-order valence-electron chi connectivity index (χ4n) is 2.77. The zero-order chi connectivity index (χ0) is 16.3. The van der Waals surface area contributed by atoms with Crippen LogP contribution in [0.5, 0.6) is 0 Å². The first kappa shape index (κ1) is 16.1. The predicted octanol–water partition coefficient (Wildman–Crippen LogP) is 2.12. The molecular formula is C17H21N3O2S. The van der Waals surface area contributed by atoms with Crippen molar-refractivity contribution in [3.63, 3.8) is 0 Å². The number of sulfonamides is 1. The van der Waals surface area contributed by atoms with Gasteiger partial charge in [0.2, 0.25) is 10.0 Å². The van der Waals surface area contributed by atoms with Gasteiger partial charge in [0, 0.05) is 18.4 Å². The van der Waals surface area contributed by atoms with Crippen LogP contribution in [0.1, 0.15) is 12.8 Å². The molecule has 1 fully saturated rings. The summed E-state index contributed by atoms with van der Waals surface area (Å²) in [6, 6.07) is 10.8. The Hall–Kier alpha value is -1.76. The summed E-state index contributed by atoms with van der Waals surface area (Å²) in [5.41, 5.74) is 1.93. The maximum atomic E-state index is 12.5. The third kappa shape index (κ3) is 3.96. The summed E-state index contributed by atoms with van der Waals surface area (Å²) in [6.45, 7) is 1.85. The van der Waals surface area contributed by atoms with E-state index in [-0.39, 0.29) is 6.04 Å². The lowest BCUT2D eigenvalue weighted by Gasteiger charge is -2.29. The second-order valence-electron chi connectivity index (χ2n) is 5.96. The Bertz CT molecular complexity index is 737. The Morgan fingerprint density at radius 3 is 2.39 bits per heavy atom. The number of nitrogens with zero attached hydrogens (tertiary/aromatic N) is 2. The van der Waals surface area contributed by atoms with Crippen LogP contribution in [0.25, 0.3) is 11.1 Å². The number of hydrogen-bond acceptors (Lipinski definition) is 4. The quantitative estimate of drug-likeness (QED) is 0.932. The standard InChI is InChI=1S/C17H21N3O2S/c1-20-11-8-16(9-12-20)19-23(21,22)17-6-4-14(5-7-17)15-3-2-10-18-13-15/h2-7,10,13,16,19H,8-9,11-12H2,1H3. The summed E-state index contributed by atoms with van der Waals surface area (Å²) in [7, 11) is -1.40. The molecule has 0 atom stereocenters. The lowest BCUT2D eigenvalue weighted by atomic mass is 10.1. The molecule has 1 aliphatic heterocycles. The molecule has 1 saturated heterocycles. The van der Waals surface area contributed by atoms with Crippen molar-refractivity contribution in [2.75, 3.05) is 20.1 Å². The van der Waals surface area contributed by atoms with E-state index in [1.165, 1.54) is 0 Å². The molecule has 0 saturated carbocycles. The van der Waals surface area contributed by atoms with Gasteiger partial charge in [0.25, 0.3) is 0 Å². The Kier molecular flexibility index (Phi) is 4.75. The number of benzene rings is 1.